The van der Waals surface area contributed by atoms with Gasteiger partial charge in [-0.25, -0.2) is 4.98 Å². The first-order valence-corrected chi connectivity index (χ1v) is 6.27. The summed E-state index contributed by atoms with van der Waals surface area (Å²) in [6, 6.07) is 5.57. The zero-order valence-corrected chi connectivity index (χ0v) is 12.5. The fourth-order valence-electron chi connectivity index (χ4n) is 1.34. The Balaban J connectivity index is 0.00000180. The Hall–Kier alpha value is -1.37. The van der Waals surface area contributed by atoms with Gasteiger partial charge >= 0.3 is 0 Å². The quantitative estimate of drug-likeness (QED) is 0.912. The second-order valence-electron chi connectivity index (χ2n) is 4.53. The van der Waals surface area contributed by atoms with Crippen LogP contribution in [0.3, 0.4) is 0 Å². The van der Waals surface area contributed by atoms with Gasteiger partial charge in [-0.3, -0.25) is 4.79 Å². The highest BCUT2D eigenvalue weighted by Crippen LogP contribution is 2.29. The molecule has 0 bridgehead atoms. The minimum absolute atomic E-state index is 0. The number of nitrogens with one attached hydrogen (secondary N) is 1. The Kier molecular flexibility index (Phi) is 4.73. The number of hydrogen-bond acceptors (Lipinski definition) is 5. The molecule has 0 aliphatic heterocycles. The topological polar surface area (TPSA) is 77.2 Å². The molecular weight excluding hydrogens is 286 g/mol. The second kappa shape index (κ2) is 5.73. The normalized spacial score (nSPS) is 10.9. The van der Waals surface area contributed by atoms with Gasteiger partial charge in [0, 0.05) is 0 Å². The minimum atomic E-state index is -0.921. The number of halogens is 1. The van der Waals surface area contributed by atoms with Crippen LogP contribution in [0.1, 0.15) is 13.8 Å². The number of nitrogens with zero attached hydrogens (tertiary/aromatic N) is 1. The molecule has 1 aromatic carbocycles. The van der Waals surface area contributed by atoms with E-state index in [2.05, 4.69) is 10.3 Å². The van der Waals surface area contributed by atoms with Gasteiger partial charge in [0.1, 0.15) is 5.75 Å². The second-order valence-corrected chi connectivity index (χ2v) is 5.56. The molecule has 104 valence electrons. The number of rotatable bonds is 3. The van der Waals surface area contributed by atoms with Gasteiger partial charge in [-0.2, -0.15) is 0 Å². The molecule has 0 spiro atoms. The van der Waals surface area contributed by atoms with E-state index in [0.29, 0.717) is 5.13 Å². The summed E-state index contributed by atoms with van der Waals surface area (Å²) in [6.45, 7) is 3.30. The van der Waals surface area contributed by atoms with Crippen LogP contribution in [0.5, 0.6) is 5.75 Å². The SMILES string of the molecule is COc1ccc2nc(NC(=O)C(C)(C)N)sc2c1.Cl. The summed E-state index contributed by atoms with van der Waals surface area (Å²) in [5, 5.41) is 3.25. The van der Waals surface area contributed by atoms with Crippen LogP contribution in [0.4, 0.5) is 5.13 Å². The molecule has 1 amide bonds. The average molecular weight is 302 g/mol. The summed E-state index contributed by atoms with van der Waals surface area (Å²) in [5.74, 6) is 0.511. The highest BCUT2D eigenvalue weighted by Gasteiger charge is 2.22. The largest absolute Gasteiger partial charge is 0.497 e. The molecular formula is C12H16ClN3O2S. The van der Waals surface area contributed by atoms with Gasteiger partial charge in [0.25, 0.3) is 0 Å². The molecule has 0 aliphatic rings. The van der Waals surface area contributed by atoms with Gasteiger partial charge < -0.3 is 15.8 Å². The first-order chi connectivity index (χ1) is 8.40. The highest BCUT2D eigenvalue weighted by atomic mass is 35.5. The zero-order valence-electron chi connectivity index (χ0n) is 10.9. The fourth-order valence-corrected chi connectivity index (χ4v) is 2.23. The van der Waals surface area contributed by atoms with Crippen molar-refractivity contribution in [2.24, 2.45) is 5.73 Å². The van der Waals surface area contributed by atoms with Crippen molar-refractivity contribution >= 4 is 45.0 Å². The number of thiazole rings is 1. The van der Waals surface area contributed by atoms with Crippen molar-refractivity contribution in [2.45, 2.75) is 19.4 Å². The van der Waals surface area contributed by atoms with Crippen LogP contribution >= 0.6 is 23.7 Å². The first-order valence-electron chi connectivity index (χ1n) is 5.45. The third-order valence-corrected chi connectivity index (χ3v) is 3.33. The molecule has 0 unspecified atom stereocenters. The van der Waals surface area contributed by atoms with E-state index in [-0.39, 0.29) is 18.3 Å². The number of carbonyl (C=O) groups is 1. The molecule has 7 heteroatoms. The number of aromatic nitrogens is 1. The lowest BCUT2D eigenvalue weighted by molar-refractivity contribution is -0.120. The van der Waals surface area contributed by atoms with Crippen molar-refractivity contribution in [3.05, 3.63) is 18.2 Å². The van der Waals surface area contributed by atoms with Crippen molar-refractivity contribution in [2.75, 3.05) is 12.4 Å². The van der Waals surface area contributed by atoms with Crippen molar-refractivity contribution < 1.29 is 9.53 Å². The van der Waals surface area contributed by atoms with E-state index in [4.69, 9.17) is 10.5 Å². The van der Waals surface area contributed by atoms with Crippen LogP contribution in [0, 0.1) is 0 Å². The molecule has 5 nitrogen and oxygen atoms in total. The van der Waals surface area contributed by atoms with Crippen LogP contribution in [-0.2, 0) is 4.79 Å². The molecule has 3 N–H and O–H groups in total. The maximum absolute atomic E-state index is 11.7. The van der Waals surface area contributed by atoms with E-state index in [1.807, 2.05) is 18.2 Å². The van der Waals surface area contributed by atoms with Crippen LogP contribution < -0.4 is 15.8 Å². The lowest BCUT2D eigenvalue weighted by atomic mass is 10.1. The van der Waals surface area contributed by atoms with E-state index < -0.39 is 5.54 Å². The Morgan fingerprint density at radius 1 is 1.47 bits per heavy atom. The minimum Gasteiger partial charge on any atom is -0.497 e. The number of methoxy groups -OCH3 is 1. The zero-order chi connectivity index (χ0) is 13.3. The summed E-state index contributed by atoms with van der Waals surface area (Å²) >= 11 is 1.39. The number of carbonyl (C=O) groups excluding carboxylic acids is 1. The third-order valence-electron chi connectivity index (χ3n) is 2.40. The van der Waals surface area contributed by atoms with E-state index in [1.54, 1.807) is 21.0 Å². The van der Waals surface area contributed by atoms with Crippen LogP contribution in [0.2, 0.25) is 0 Å². The van der Waals surface area contributed by atoms with Gasteiger partial charge in [0.15, 0.2) is 5.13 Å². The van der Waals surface area contributed by atoms with Gasteiger partial charge in [-0.1, -0.05) is 11.3 Å². The van der Waals surface area contributed by atoms with Crippen LogP contribution in [0.15, 0.2) is 18.2 Å². The number of fused-ring (bicyclic) bond motifs is 1. The molecule has 0 radical (unpaired) electrons. The van der Waals surface area contributed by atoms with Crippen molar-refractivity contribution in [3.63, 3.8) is 0 Å². The van der Waals surface area contributed by atoms with E-state index in [0.717, 1.165) is 16.0 Å². The predicted octanol–water partition coefficient (Wildman–Crippen LogP) is 2.40. The van der Waals surface area contributed by atoms with Crippen molar-refractivity contribution in [3.8, 4) is 5.75 Å². The summed E-state index contributed by atoms with van der Waals surface area (Å²) in [5.41, 5.74) is 5.62. The number of hydrogen-bond donors (Lipinski definition) is 2. The maximum Gasteiger partial charge on any atom is 0.245 e. The predicted molar refractivity (Wildman–Crippen MR) is 80.3 cm³/mol. The third kappa shape index (κ3) is 3.56. The molecule has 0 aliphatic carbocycles. The van der Waals surface area contributed by atoms with E-state index in [9.17, 15) is 4.79 Å². The van der Waals surface area contributed by atoms with Gasteiger partial charge in [-0.05, 0) is 32.0 Å². The monoisotopic (exact) mass is 301 g/mol. The number of ether oxygens (including phenoxy) is 1. The molecule has 2 rings (SSSR count). The Bertz CT molecular complexity index is 592. The number of anilines is 1. The standard InChI is InChI=1S/C12H15N3O2S.ClH/c1-12(2,13)10(16)15-11-14-8-5-4-7(17-3)6-9(8)18-11;/h4-6H,13H2,1-3H3,(H,14,15,16);1H. The molecule has 1 heterocycles. The van der Waals surface area contributed by atoms with Gasteiger partial charge in [-0.15, -0.1) is 12.4 Å². The van der Waals surface area contributed by atoms with Gasteiger partial charge in [0.2, 0.25) is 5.91 Å². The molecule has 0 saturated carbocycles. The van der Waals surface area contributed by atoms with Gasteiger partial charge in [0.05, 0.1) is 22.9 Å². The Morgan fingerprint density at radius 3 is 2.74 bits per heavy atom. The number of amides is 1. The van der Waals surface area contributed by atoms with Crippen molar-refractivity contribution in [1.29, 1.82) is 0 Å². The first kappa shape index (κ1) is 15.7. The molecule has 19 heavy (non-hydrogen) atoms. The van der Waals surface area contributed by atoms with Crippen LogP contribution in [0.25, 0.3) is 10.2 Å². The molecule has 0 fully saturated rings. The summed E-state index contributed by atoms with van der Waals surface area (Å²) in [4.78, 5) is 16.1. The number of benzene rings is 1. The summed E-state index contributed by atoms with van der Waals surface area (Å²) in [6.07, 6.45) is 0. The average Bonchev–Trinajstić information content (AvgIpc) is 2.68. The Morgan fingerprint density at radius 2 is 2.16 bits per heavy atom. The summed E-state index contributed by atoms with van der Waals surface area (Å²) in [7, 11) is 1.61. The molecule has 2 aromatic rings. The molecule has 1 aromatic heterocycles. The summed E-state index contributed by atoms with van der Waals surface area (Å²) < 4.78 is 6.10. The fraction of sp³-hybridized carbons (Fsp3) is 0.333. The smallest absolute Gasteiger partial charge is 0.245 e. The van der Waals surface area contributed by atoms with Crippen LogP contribution in [-0.4, -0.2) is 23.5 Å². The molecule has 0 atom stereocenters. The Labute approximate surface area is 121 Å². The highest BCUT2D eigenvalue weighted by molar-refractivity contribution is 7.22. The van der Waals surface area contributed by atoms with E-state index in [1.165, 1.54) is 11.3 Å². The lowest BCUT2D eigenvalue weighted by Crippen LogP contribution is -2.45. The lowest BCUT2D eigenvalue weighted by Gasteiger charge is -2.15. The molecule has 0 saturated heterocycles. The van der Waals surface area contributed by atoms with Crippen molar-refractivity contribution in [1.82, 2.24) is 4.98 Å². The maximum atomic E-state index is 11.7. The van der Waals surface area contributed by atoms with E-state index >= 15 is 0 Å². The number of nitrogens with two attached hydrogens (primary N) is 1.